The highest BCUT2D eigenvalue weighted by Gasteiger charge is 2.38. The van der Waals surface area contributed by atoms with Gasteiger partial charge >= 0.3 is 5.97 Å². The highest BCUT2D eigenvalue weighted by molar-refractivity contribution is 7.89. The summed E-state index contributed by atoms with van der Waals surface area (Å²) in [5.74, 6) is -1.16. The number of carbonyl (C=O) groups is 2. The Morgan fingerprint density at radius 3 is 2.68 bits per heavy atom. The molecular weight excluding hydrogens is 308 g/mol. The van der Waals surface area contributed by atoms with Gasteiger partial charge in [0.1, 0.15) is 6.04 Å². The van der Waals surface area contributed by atoms with Crippen LogP contribution in [-0.2, 0) is 19.6 Å². The molecule has 1 aliphatic heterocycles. The lowest BCUT2D eigenvalue weighted by Gasteiger charge is -2.24. The molecule has 1 fully saturated rings. The fourth-order valence-corrected chi connectivity index (χ4v) is 4.41. The van der Waals surface area contributed by atoms with Gasteiger partial charge in [-0.1, -0.05) is 13.3 Å². The molecule has 0 saturated carbocycles. The summed E-state index contributed by atoms with van der Waals surface area (Å²) in [5.41, 5.74) is 0. The Morgan fingerprint density at radius 1 is 1.41 bits per heavy atom. The number of hydrogen-bond donors (Lipinski definition) is 2. The Hall–Kier alpha value is -1.15. The largest absolute Gasteiger partial charge is 0.481 e. The van der Waals surface area contributed by atoms with Crippen LogP contribution < -0.4 is 5.32 Å². The van der Waals surface area contributed by atoms with Gasteiger partial charge in [0.05, 0.1) is 5.75 Å². The van der Waals surface area contributed by atoms with Crippen molar-refractivity contribution in [3.8, 4) is 0 Å². The van der Waals surface area contributed by atoms with Crippen LogP contribution in [0.5, 0.6) is 0 Å². The molecule has 8 heteroatoms. The van der Waals surface area contributed by atoms with Crippen molar-refractivity contribution >= 4 is 21.9 Å². The predicted octanol–water partition coefficient (Wildman–Crippen LogP) is 0.950. The van der Waals surface area contributed by atoms with Crippen LogP contribution in [0.1, 0.15) is 52.4 Å². The zero-order valence-electron chi connectivity index (χ0n) is 13.2. The topological polar surface area (TPSA) is 104 Å². The maximum atomic E-state index is 12.3. The number of hydrogen-bond acceptors (Lipinski definition) is 4. The van der Waals surface area contributed by atoms with Crippen LogP contribution in [0, 0.1) is 0 Å². The minimum Gasteiger partial charge on any atom is -0.481 e. The fourth-order valence-electron chi connectivity index (χ4n) is 2.53. The van der Waals surface area contributed by atoms with E-state index >= 15 is 0 Å². The molecule has 1 aliphatic rings. The minimum absolute atomic E-state index is 0.0232. The summed E-state index contributed by atoms with van der Waals surface area (Å²) >= 11 is 0. The van der Waals surface area contributed by atoms with Gasteiger partial charge in [-0.25, -0.2) is 8.42 Å². The number of nitrogens with zero attached hydrogens (tertiary/aromatic N) is 1. The van der Waals surface area contributed by atoms with Crippen LogP contribution in [0.3, 0.4) is 0 Å². The second-order valence-electron chi connectivity index (χ2n) is 5.78. The molecule has 2 unspecified atom stereocenters. The van der Waals surface area contributed by atoms with Crippen molar-refractivity contribution in [3.05, 3.63) is 0 Å². The van der Waals surface area contributed by atoms with Gasteiger partial charge in [0.15, 0.2) is 0 Å². The van der Waals surface area contributed by atoms with Crippen molar-refractivity contribution in [3.63, 3.8) is 0 Å². The maximum absolute atomic E-state index is 12.3. The van der Waals surface area contributed by atoms with Gasteiger partial charge < -0.3 is 10.4 Å². The summed E-state index contributed by atoms with van der Waals surface area (Å²) in [7, 11) is -3.40. The molecule has 0 aliphatic carbocycles. The van der Waals surface area contributed by atoms with E-state index in [4.69, 9.17) is 5.11 Å². The van der Waals surface area contributed by atoms with Crippen molar-refractivity contribution in [1.29, 1.82) is 0 Å². The van der Waals surface area contributed by atoms with E-state index in [1.54, 1.807) is 6.92 Å². The third kappa shape index (κ3) is 5.57. The van der Waals surface area contributed by atoms with Crippen molar-refractivity contribution in [2.24, 2.45) is 0 Å². The van der Waals surface area contributed by atoms with Crippen molar-refractivity contribution in [1.82, 2.24) is 9.62 Å². The summed E-state index contributed by atoms with van der Waals surface area (Å²) in [6.07, 6.45) is 2.87. The SMILES string of the molecule is CCCCS(=O)(=O)N1CCCC1C(=O)NC(C)CCC(=O)O. The average molecular weight is 334 g/mol. The van der Waals surface area contributed by atoms with Gasteiger partial charge in [0.2, 0.25) is 15.9 Å². The molecule has 2 N–H and O–H groups in total. The molecule has 1 rings (SSSR count). The van der Waals surface area contributed by atoms with E-state index in [1.807, 2.05) is 6.92 Å². The summed E-state index contributed by atoms with van der Waals surface area (Å²) < 4.78 is 25.9. The van der Waals surface area contributed by atoms with Gasteiger partial charge in [-0.3, -0.25) is 9.59 Å². The number of nitrogens with one attached hydrogen (secondary N) is 1. The second kappa shape index (κ2) is 8.47. The molecule has 2 atom stereocenters. The van der Waals surface area contributed by atoms with Crippen LogP contribution in [0.25, 0.3) is 0 Å². The van der Waals surface area contributed by atoms with E-state index in [0.717, 1.165) is 6.42 Å². The minimum atomic E-state index is -3.40. The van der Waals surface area contributed by atoms with E-state index in [9.17, 15) is 18.0 Å². The quantitative estimate of drug-likeness (QED) is 0.653. The normalized spacial score (nSPS) is 20.7. The molecule has 7 nitrogen and oxygen atoms in total. The van der Waals surface area contributed by atoms with Crippen LogP contribution >= 0.6 is 0 Å². The smallest absolute Gasteiger partial charge is 0.303 e. The number of amides is 1. The van der Waals surface area contributed by atoms with E-state index in [-0.39, 0.29) is 24.1 Å². The standard InChI is InChI=1S/C14H26N2O5S/c1-3-4-10-22(20,21)16-9-5-6-12(16)14(19)15-11(2)7-8-13(17)18/h11-12H,3-10H2,1-2H3,(H,15,19)(H,17,18). The third-order valence-electron chi connectivity index (χ3n) is 3.80. The molecule has 0 aromatic heterocycles. The Kier molecular flexibility index (Phi) is 7.28. The zero-order valence-corrected chi connectivity index (χ0v) is 14.1. The number of carbonyl (C=O) groups excluding carboxylic acids is 1. The molecule has 0 radical (unpaired) electrons. The molecule has 0 aromatic carbocycles. The Labute approximate surface area is 132 Å². The van der Waals surface area contributed by atoms with E-state index in [2.05, 4.69) is 5.32 Å². The predicted molar refractivity (Wildman–Crippen MR) is 82.9 cm³/mol. The molecule has 1 saturated heterocycles. The van der Waals surface area contributed by atoms with Crippen LogP contribution in [0.15, 0.2) is 0 Å². The summed E-state index contributed by atoms with van der Waals surface area (Å²) in [4.78, 5) is 22.8. The lowest BCUT2D eigenvalue weighted by Crippen LogP contribution is -2.48. The van der Waals surface area contributed by atoms with Crippen molar-refractivity contribution < 1.29 is 23.1 Å². The molecule has 1 amide bonds. The monoisotopic (exact) mass is 334 g/mol. The van der Waals surface area contributed by atoms with Gasteiger partial charge in [-0.2, -0.15) is 4.31 Å². The molecule has 0 bridgehead atoms. The number of carboxylic acid groups (broad SMARTS) is 1. The number of rotatable bonds is 9. The summed E-state index contributed by atoms with van der Waals surface area (Å²) in [5, 5.41) is 11.4. The Morgan fingerprint density at radius 2 is 2.09 bits per heavy atom. The first-order chi connectivity index (χ1) is 10.3. The van der Waals surface area contributed by atoms with Gasteiger partial charge in [0.25, 0.3) is 0 Å². The van der Waals surface area contributed by atoms with Crippen LogP contribution in [0.2, 0.25) is 0 Å². The number of aliphatic carboxylic acids is 1. The fraction of sp³-hybridized carbons (Fsp3) is 0.857. The molecule has 0 aromatic rings. The average Bonchev–Trinajstić information content (AvgIpc) is 2.93. The zero-order chi connectivity index (χ0) is 16.8. The second-order valence-corrected chi connectivity index (χ2v) is 7.82. The van der Waals surface area contributed by atoms with E-state index in [0.29, 0.717) is 32.2 Å². The summed E-state index contributed by atoms with van der Waals surface area (Å²) in [6, 6.07) is -0.946. The first-order valence-corrected chi connectivity index (χ1v) is 9.40. The number of sulfonamides is 1. The highest BCUT2D eigenvalue weighted by Crippen LogP contribution is 2.22. The van der Waals surface area contributed by atoms with Gasteiger partial charge in [-0.15, -0.1) is 0 Å². The van der Waals surface area contributed by atoms with Crippen LogP contribution in [-0.4, -0.2) is 54.1 Å². The van der Waals surface area contributed by atoms with Crippen molar-refractivity contribution in [2.75, 3.05) is 12.3 Å². The number of unbranched alkanes of at least 4 members (excludes halogenated alkanes) is 1. The maximum Gasteiger partial charge on any atom is 0.303 e. The van der Waals surface area contributed by atoms with Crippen molar-refractivity contribution in [2.45, 2.75) is 64.5 Å². The number of carboxylic acids is 1. The molecule has 22 heavy (non-hydrogen) atoms. The molecule has 1 heterocycles. The van der Waals surface area contributed by atoms with Gasteiger partial charge in [-0.05, 0) is 32.6 Å². The lowest BCUT2D eigenvalue weighted by atomic mass is 10.1. The first kappa shape index (κ1) is 18.9. The van der Waals surface area contributed by atoms with Gasteiger partial charge in [0, 0.05) is 19.0 Å². The summed E-state index contributed by atoms with van der Waals surface area (Å²) in [6.45, 7) is 4.03. The molecule has 128 valence electrons. The van der Waals surface area contributed by atoms with Crippen LogP contribution in [0.4, 0.5) is 0 Å². The molecule has 0 spiro atoms. The highest BCUT2D eigenvalue weighted by atomic mass is 32.2. The Bertz CT molecular complexity index is 491. The molecular formula is C14H26N2O5S. The lowest BCUT2D eigenvalue weighted by molar-refractivity contribution is -0.137. The Balaban J connectivity index is 2.62. The third-order valence-corrected chi connectivity index (χ3v) is 5.76. The van der Waals surface area contributed by atoms with E-state index in [1.165, 1.54) is 4.31 Å². The first-order valence-electron chi connectivity index (χ1n) is 7.79. The van der Waals surface area contributed by atoms with E-state index < -0.39 is 22.0 Å².